The van der Waals surface area contributed by atoms with E-state index in [1.165, 1.54) is 22.3 Å². The minimum Gasteiger partial charge on any atom is -0.496 e. The number of fused-ring (bicyclic) bond motifs is 1. The Labute approximate surface area is 168 Å². The summed E-state index contributed by atoms with van der Waals surface area (Å²) in [6.45, 7) is 6.43. The van der Waals surface area contributed by atoms with E-state index in [1.54, 1.807) is 7.11 Å². The first kappa shape index (κ1) is 18.7. The third kappa shape index (κ3) is 4.11. The zero-order valence-corrected chi connectivity index (χ0v) is 16.7. The molecule has 1 aliphatic rings. The zero-order chi connectivity index (χ0) is 19.3. The molecule has 0 bridgehead atoms. The predicted molar refractivity (Wildman–Crippen MR) is 115 cm³/mol. The van der Waals surface area contributed by atoms with Gasteiger partial charge in [-0.15, -0.1) is 0 Å². The lowest BCUT2D eigenvalue weighted by atomic mass is 10.0. The summed E-state index contributed by atoms with van der Waals surface area (Å²) in [5.74, 6) is 0.910. The number of ether oxygens (including phenoxy) is 1. The van der Waals surface area contributed by atoms with Crippen LogP contribution >= 0.6 is 0 Å². The molecule has 0 amide bonds. The van der Waals surface area contributed by atoms with Gasteiger partial charge < -0.3 is 10.1 Å². The first-order valence-corrected chi connectivity index (χ1v) is 10.0. The highest BCUT2D eigenvalue weighted by Gasteiger charge is 2.17. The molecule has 0 saturated heterocycles. The molecule has 4 rings (SSSR count). The van der Waals surface area contributed by atoms with Crippen LogP contribution in [-0.2, 0) is 13.1 Å². The summed E-state index contributed by atoms with van der Waals surface area (Å²) in [5, 5.41) is 3.67. The van der Waals surface area contributed by atoms with Crippen molar-refractivity contribution in [3.63, 3.8) is 0 Å². The third-order valence-electron chi connectivity index (χ3n) is 5.61. The third-order valence-corrected chi connectivity index (χ3v) is 5.61. The molecule has 1 N–H and O–H groups in total. The SMILES string of the molecule is COc1ccccc1-c1ccc(C(C)NCCN2Cc3ccccc3C2)cc1. The van der Waals surface area contributed by atoms with Crippen molar-refractivity contribution in [2.45, 2.75) is 26.1 Å². The van der Waals surface area contributed by atoms with Gasteiger partial charge >= 0.3 is 0 Å². The molecule has 1 heterocycles. The Kier molecular flexibility index (Phi) is 5.75. The number of benzene rings is 3. The maximum Gasteiger partial charge on any atom is 0.126 e. The molecule has 0 spiro atoms. The fraction of sp³-hybridized carbons (Fsp3) is 0.280. The molecule has 3 nitrogen and oxygen atoms in total. The lowest BCUT2D eigenvalue weighted by Gasteiger charge is -2.19. The minimum absolute atomic E-state index is 0.330. The van der Waals surface area contributed by atoms with Crippen molar-refractivity contribution in [3.05, 3.63) is 89.5 Å². The molecule has 0 radical (unpaired) electrons. The number of rotatable bonds is 7. The summed E-state index contributed by atoms with van der Waals surface area (Å²) >= 11 is 0. The van der Waals surface area contributed by atoms with Gasteiger partial charge in [-0.05, 0) is 35.2 Å². The fourth-order valence-electron chi connectivity index (χ4n) is 3.95. The van der Waals surface area contributed by atoms with Gasteiger partial charge in [0.1, 0.15) is 5.75 Å². The lowest BCUT2D eigenvalue weighted by molar-refractivity contribution is 0.279. The highest BCUT2D eigenvalue weighted by molar-refractivity contribution is 5.70. The van der Waals surface area contributed by atoms with Crippen LogP contribution in [0.3, 0.4) is 0 Å². The molecular formula is C25H28N2O. The molecule has 0 saturated carbocycles. The second kappa shape index (κ2) is 8.59. The number of hydrogen-bond donors (Lipinski definition) is 1. The van der Waals surface area contributed by atoms with Gasteiger partial charge in [0.25, 0.3) is 0 Å². The van der Waals surface area contributed by atoms with E-state index in [0.29, 0.717) is 6.04 Å². The van der Waals surface area contributed by atoms with E-state index in [9.17, 15) is 0 Å². The summed E-state index contributed by atoms with van der Waals surface area (Å²) in [4.78, 5) is 2.51. The Morgan fingerprint density at radius 2 is 1.54 bits per heavy atom. The molecular weight excluding hydrogens is 344 g/mol. The van der Waals surface area contributed by atoms with Crippen molar-refractivity contribution >= 4 is 0 Å². The molecule has 0 aliphatic carbocycles. The van der Waals surface area contributed by atoms with Gasteiger partial charge in [0.15, 0.2) is 0 Å². The molecule has 0 aromatic heterocycles. The van der Waals surface area contributed by atoms with Crippen LogP contribution in [0.15, 0.2) is 72.8 Å². The number of hydrogen-bond acceptors (Lipinski definition) is 3. The maximum atomic E-state index is 5.49. The van der Waals surface area contributed by atoms with E-state index >= 15 is 0 Å². The summed E-state index contributed by atoms with van der Waals surface area (Å²) in [5.41, 5.74) is 6.57. The fourth-order valence-corrected chi connectivity index (χ4v) is 3.95. The predicted octanol–water partition coefficient (Wildman–Crippen LogP) is 5.03. The van der Waals surface area contributed by atoms with E-state index in [2.05, 4.69) is 71.7 Å². The van der Waals surface area contributed by atoms with Gasteiger partial charge in [0, 0.05) is 37.8 Å². The normalized spacial score (nSPS) is 14.6. The molecule has 3 aromatic carbocycles. The van der Waals surface area contributed by atoms with Gasteiger partial charge in [-0.25, -0.2) is 0 Å². The first-order chi connectivity index (χ1) is 13.7. The molecule has 1 aliphatic heterocycles. The Hall–Kier alpha value is -2.62. The summed E-state index contributed by atoms with van der Waals surface area (Å²) in [6.07, 6.45) is 0. The monoisotopic (exact) mass is 372 g/mol. The molecule has 3 aromatic rings. The van der Waals surface area contributed by atoms with Crippen LogP contribution in [0.2, 0.25) is 0 Å². The van der Waals surface area contributed by atoms with Gasteiger partial charge in [-0.2, -0.15) is 0 Å². The Morgan fingerprint density at radius 3 is 2.21 bits per heavy atom. The second-order valence-electron chi connectivity index (χ2n) is 7.48. The van der Waals surface area contributed by atoms with Crippen LogP contribution in [-0.4, -0.2) is 25.1 Å². The van der Waals surface area contributed by atoms with Crippen LogP contribution in [0.25, 0.3) is 11.1 Å². The highest BCUT2D eigenvalue weighted by atomic mass is 16.5. The first-order valence-electron chi connectivity index (χ1n) is 10.0. The molecule has 28 heavy (non-hydrogen) atoms. The Morgan fingerprint density at radius 1 is 0.893 bits per heavy atom. The van der Waals surface area contributed by atoms with Crippen molar-refractivity contribution in [3.8, 4) is 16.9 Å². The molecule has 0 fully saturated rings. The average molecular weight is 373 g/mol. The number of para-hydroxylation sites is 1. The summed E-state index contributed by atoms with van der Waals surface area (Å²) in [6, 6.07) is 26.0. The van der Waals surface area contributed by atoms with Gasteiger partial charge in [0.2, 0.25) is 0 Å². The van der Waals surface area contributed by atoms with Crippen LogP contribution in [0, 0.1) is 0 Å². The number of nitrogens with zero attached hydrogens (tertiary/aromatic N) is 1. The summed E-state index contributed by atoms with van der Waals surface area (Å²) in [7, 11) is 1.72. The maximum absolute atomic E-state index is 5.49. The van der Waals surface area contributed by atoms with Crippen molar-refractivity contribution in [2.24, 2.45) is 0 Å². The van der Waals surface area contributed by atoms with E-state index in [1.807, 2.05) is 18.2 Å². The molecule has 1 unspecified atom stereocenters. The van der Waals surface area contributed by atoms with Crippen molar-refractivity contribution in [1.29, 1.82) is 0 Å². The largest absolute Gasteiger partial charge is 0.496 e. The van der Waals surface area contributed by atoms with Gasteiger partial charge in [-0.1, -0.05) is 66.7 Å². The van der Waals surface area contributed by atoms with Crippen LogP contribution < -0.4 is 10.1 Å². The lowest BCUT2D eigenvalue weighted by Crippen LogP contribution is -2.30. The second-order valence-corrected chi connectivity index (χ2v) is 7.48. The van der Waals surface area contributed by atoms with Gasteiger partial charge in [0.05, 0.1) is 7.11 Å². The van der Waals surface area contributed by atoms with E-state index in [0.717, 1.165) is 37.5 Å². The smallest absolute Gasteiger partial charge is 0.126 e. The minimum atomic E-state index is 0.330. The number of nitrogens with one attached hydrogen (secondary N) is 1. The average Bonchev–Trinajstić information content (AvgIpc) is 3.16. The topological polar surface area (TPSA) is 24.5 Å². The van der Waals surface area contributed by atoms with E-state index in [-0.39, 0.29) is 0 Å². The Balaban J connectivity index is 1.31. The summed E-state index contributed by atoms with van der Waals surface area (Å²) < 4.78 is 5.49. The molecule has 144 valence electrons. The number of methoxy groups -OCH3 is 1. The van der Waals surface area contributed by atoms with E-state index < -0.39 is 0 Å². The van der Waals surface area contributed by atoms with Crippen molar-refractivity contribution in [1.82, 2.24) is 10.2 Å². The van der Waals surface area contributed by atoms with Crippen LogP contribution in [0.4, 0.5) is 0 Å². The quantitative estimate of drug-likeness (QED) is 0.630. The van der Waals surface area contributed by atoms with Crippen molar-refractivity contribution < 1.29 is 4.74 Å². The molecule has 1 atom stereocenters. The van der Waals surface area contributed by atoms with Crippen molar-refractivity contribution in [2.75, 3.05) is 20.2 Å². The Bertz CT molecular complexity index is 895. The highest BCUT2D eigenvalue weighted by Crippen LogP contribution is 2.30. The van der Waals surface area contributed by atoms with Crippen LogP contribution in [0.5, 0.6) is 5.75 Å². The zero-order valence-electron chi connectivity index (χ0n) is 16.7. The standard InChI is InChI=1S/C25H28N2O/c1-19(26-15-16-27-17-22-7-3-4-8-23(22)18-27)20-11-13-21(14-12-20)24-9-5-6-10-25(24)28-2/h3-14,19,26H,15-18H2,1-2H3. The molecule has 3 heteroatoms. The van der Waals surface area contributed by atoms with Crippen LogP contribution in [0.1, 0.15) is 29.7 Å². The van der Waals surface area contributed by atoms with Gasteiger partial charge in [-0.3, -0.25) is 4.90 Å². The van der Waals surface area contributed by atoms with E-state index in [4.69, 9.17) is 4.74 Å².